The van der Waals surface area contributed by atoms with E-state index < -0.39 is 0 Å². The second-order valence-electron chi connectivity index (χ2n) is 6.67. The highest BCUT2D eigenvalue weighted by atomic mass is 15.2. The Morgan fingerprint density at radius 1 is 0.824 bits per heavy atom. The van der Waals surface area contributed by atoms with E-state index in [1.165, 1.54) is 70.9 Å². The summed E-state index contributed by atoms with van der Waals surface area (Å²) in [6.07, 6.45) is 12.8. The molecule has 2 aliphatic carbocycles. The molecule has 1 heterocycles. The molecule has 0 aromatic carbocycles. The van der Waals surface area contributed by atoms with Crippen molar-refractivity contribution >= 4 is 0 Å². The molecular formula is C15H28N2. The molecule has 3 fully saturated rings. The lowest BCUT2D eigenvalue weighted by Crippen LogP contribution is -2.49. The van der Waals surface area contributed by atoms with Crippen molar-refractivity contribution in [2.45, 2.75) is 69.9 Å². The van der Waals surface area contributed by atoms with Crippen LogP contribution >= 0.6 is 0 Å². The van der Waals surface area contributed by atoms with Gasteiger partial charge in [-0.15, -0.1) is 0 Å². The van der Waals surface area contributed by atoms with Crippen LogP contribution in [0.4, 0.5) is 0 Å². The quantitative estimate of drug-likeness (QED) is 0.758. The number of hydrogen-bond donors (Lipinski definition) is 1. The first-order chi connectivity index (χ1) is 8.33. The molecule has 1 saturated heterocycles. The van der Waals surface area contributed by atoms with Gasteiger partial charge in [0.2, 0.25) is 0 Å². The van der Waals surface area contributed by atoms with E-state index in [0.29, 0.717) is 6.04 Å². The van der Waals surface area contributed by atoms with Crippen LogP contribution in [0.2, 0.25) is 0 Å². The van der Waals surface area contributed by atoms with Crippen LogP contribution < -0.4 is 5.73 Å². The highest BCUT2D eigenvalue weighted by molar-refractivity contribution is 4.89. The van der Waals surface area contributed by atoms with Crippen molar-refractivity contribution in [1.29, 1.82) is 0 Å². The van der Waals surface area contributed by atoms with Gasteiger partial charge in [0.15, 0.2) is 0 Å². The third kappa shape index (κ3) is 2.68. The normalized spacial score (nSPS) is 44.3. The van der Waals surface area contributed by atoms with E-state index in [9.17, 15) is 0 Å². The number of piperidine rings is 1. The number of fused-ring (bicyclic) bond motifs is 1. The predicted molar refractivity (Wildman–Crippen MR) is 71.9 cm³/mol. The smallest absolute Gasteiger partial charge is 0.0110 e. The average Bonchev–Trinajstić information content (AvgIpc) is 2.38. The van der Waals surface area contributed by atoms with Crippen LogP contribution in [-0.4, -0.2) is 30.1 Å². The van der Waals surface area contributed by atoms with E-state index in [-0.39, 0.29) is 0 Å². The van der Waals surface area contributed by atoms with Crippen molar-refractivity contribution in [1.82, 2.24) is 4.90 Å². The van der Waals surface area contributed by atoms with Gasteiger partial charge >= 0.3 is 0 Å². The largest absolute Gasteiger partial charge is 0.328 e. The highest BCUT2D eigenvalue weighted by Gasteiger charge is 2.34. The van der Waals surface area contributed by atoms with Gasteiger partial charge in [-0.2, -0.15) is 0 Å². The number of rotatable bonds is 1. The Morgan fingerprint density at radius 2 is 1.65 bits per heavy atom. The first-order valence-electron chi connectivity index (χ1n) is 7.82. The summed E-state index contributed by atoms with van der Waals surface area (Å²) in [6, 6.07) is 1.31. The molecule has 2 N–H and O–H groups in total. The fourth-order valence-corrected chi connectivity index (χ4v) is 4.49. The molecule has 98 valence electrons. The maximum absolute atomic E-state index is 6.14. The number of nitrogens with zero attached hydrogens (tertiary/aromatic N) is 1. The molecule has 0 aromatic rings. The molecule has 2 heteroatoms. The van der Waals surface area contributed by atoms with E-state index in [4.69, 9.17) is 5.73 Å². The summed E-state index contributed by atoms with van der Waals surface area (Å²) in [4.78, 5) is 2.80. The summed E-state index contributed by atoms with van der Waals surface area (Å²) >= 11 is 0. The second-order valence-corrected chi connectivity index (χ2v) is 6.67. The topological polar surface area (TPSA) is 29.3 Å². The summed E-state index contributed by atoms with van der Waals surface area (Å²) < 4.78 is 0. The van der Waals surface area contributed by atoms with Crippen LogP contribution in [0.1, 0.15) is 57.8 Å². The van der Waals surface area contributed by atoms with Crippen molar-refractivity contribution in [3.63, 3.8) is 0 Å². The lowest BCUT2D eigenvalue weighted by Gasteiger charge is -2.46. The minimum Gasteiger partial charge on any atom is -0.328 e. The van der Waals surface area contributed by atoms with E-state index in [0.717, 1.165) is 17.9 Å². The van der Waals surface area contributed by atoms with E-state index in [1.807, 2.05) is 0 Å². The minimum absolute atomic E-state index is 0.484. The monoisotopic (exact) mass is 236 g/mol. The standard InChI is InChI=1S/C15H28N2/c16-14-6-3-7-15(10-14)17-9-8-12-4-1-2-5-13(12)11-17/h12-15H,1-11,16H2. The van der Waals surface area contributed by atoms with Gasteiger partial charge in [-0.3, -0.25) is 0 Å². The van der Waals surface area contributed by atoms with Gasteiger partial charge < -0.3 is 10.6 Å². The second kappa shape index (κ2) is 5.27. The van der Waals surface area contributed by atoms with Crippen LogP contribution in [0.3, 0.4) is 0 Å². The van der Waals surface area contributed by atoms with Crippen molar-refractivity contribution in [2.75, 3.05) is 13.1 Å². The lowest BCUT2D eigenvalue weighted by atomic mass is 9.74. The van der Waals surface area contributed by atoms with Crippen molar-refractivity contribution in [3.05, 3.63) is 0 Å². The van der Waals surface area contributed by atoms with E-state index in [1.54, 1.807) is 0 Å². The van der Waals surface area contributed by atoms with Gasteiger partial charge in [-0.1, -0.05) is 25.7 Å². The van der Waals surface area contributed by atoms with Gasteiger partial charge in [0.1, 0.15) is 0 Å². The highest BCUT2D eigenvalue weighted by Crippen LogP contribution is 2.37. The minimum atomic E-state index is 0.484. The van der Waals surface area contributed by atoms with Crippen LogP contribution in [0.25, 0.3) is 0 Å². The maximum atomic E-state index is 6.14. The van der Waals surface area contributed by atoms with E-state index >= 15 is 0 Å². The molecule has 1 aliphatic heterocycles. The Morgan fingerprint density at radius 3 is 2.47 bits per heavy atom. The summed E-state index contributed by atoms with van der Waals surface area (Å²) in [7, 11) is 0. The molecular weight excluding hydrogens is 208 g/mol. The Kier molecular flexibility index (Phi) is 3.72. The number of likely N-dealkylation sites (tertiary alicyclic amines) is 1. The van der Waals surface area contributed by atoms with Crippen LogP contribution in [-0.2, 0) is 0 Å². The third-order valence-corrected chi connectivity index (χ3v) is 5.53. The number of hydrogen-bond acceptors (Lipinski definition) is 2. The molecule has 17 heavy (non-hydrogen) atoms. The van der Waals surface area contributed by atoms with Crippen LogP contribution in [0.5, 0.6) is 0 Å². The van der Waals surface area contributed by atoms with Gasteiger partial charge in [0.05, 0.1) is 0 Å². The summed E-state index contributed by atoms with van der Waals surface area (Å²) in [5, 5.41) is 0. The first kappa shape index (κ1) is 12.0. The molecule has 0 amide bonds. The fraction of sp³-hybridized carbons (Fsp3) is 1.00. The molecule has 3 rings (SSSR count). The van der Waals surface area contributed by atoms with Crippen LogP contribution in [0, 0.1) is 11.8 Å². The Hall–Kier alpha value is -0.0800. The fourth-order valence-electron chi connectivity index (χ4n) is 4.49. The zero-order valence-electron chi connectivity index (χ0n) is 11.1. The Labute approximate surface area is 106 Å². The van der Waals surface area contributed by atoms with Gasteiger partial charge in [-0.25, -0.2) is 0 Å². The van der Waals surface area contributed by atoms with Crippen molar-refractivity contribution in [2.24, 2.45) is 17.6 Å². The zero-order chi connectivity index (χ0) is 11.7. The molecule has 0 aromatic heterocycles. The van der Waals surface area contributed by atoms with Crippen molar-refractivity contribution in [3.8, 4) is 0 Å². The molecule has 0 radical (unpaired) electrons. The van der Waals surface area contributed by atoms with Gasteiger partial charge in [0, 0.05) is 18.6 Å². The molecule has 4 atom stereocenters. The molecule has 0 spiro atoms. The first-order valence-corrected chi connectivity index (χ1v) is 7.82. The number of nitrogens with two attached hydrogens (primary N) is 1. The summed E-state index contributed by atoms with van der Waals surface area (Å²) in [5.74, 6) is 2.09. The molecule has 2 saturated carbocycles. The molecule has 2 nitrogen and oxygen atoms in total. The van der Waals surface area contributed by atoms with Crippen LogP contribution in [0.15, 0.2) is 0 Å². The van der Waals surface area contributed by atoms with E-state index in [2.05, 4.69) is 4.90 Å². The summed E-state index contributed by atoms with van der Waals surface area (Å²) in [5.41, 5.74) is 6.14. The SMILES string of the molecule is NC1CCCC(N2CCC3CCCCC3C2)C1. The molecule has 0 bridgehead atoms. The molecule has 4 unspecified atom stereocenters. The predicted octanol–water partition coefficient (Wildman–Crippen LogP) is 2.77. The third-order valence-electron chi connectivity index (χ3n) is 5.53. The Bertz CT molecular complexity index is 253. The summed E-state index contributed by atoms with van der Waals surface area (Å²) in [6.45, 7) is 2.75. The van der Waals surface area contributed by atoms with Gasteiger partial charge in [0.25, 0.3) is 0 Å². The molecule has 3 aliphatic rings. The van der Waals surface area contributed by atoms with Crippen molar-refractivity contribution < 1.29 is 0 Å². The average molecular weight is 236 g/mol. The lowest BCUT2D eigenvalue weighted by molar-refractivity contribution is 0.0415. The maximum Gasteiger partial charge on any atom is 0.0110 e. The zero-order valence-corrected chi connectivity index (χ0v) is 11.1. The Balaban J connectivity index is 1.57. The van der Waals surface area contributed by atoms with Gasteiger partial charge in [-0.05, 0) is 50.5 Å².